The average molecular weight is 252 g/mol. The fraction of sp³-hybridized carbons (Fsp3) is 0.500. The fourth-order valence-corrected chi connectivity index (χ4v) is 1.78. The first-order valence-corrected chi connectivity index (χ1v) is 6.08. The van der Waals surface area contributed by atoms with E-state index in [0.717, 1.165) is 0 Å². The standard InChI is InChI=1S/C14H20O4/c1-4-14(16,10-13(15)18-5-2)11-6-8-12(17-3)9-7-11/h6-9,16H,4-5,10H2,1-3H3. The second kappa shape index (κ2) is 6.40. The predicted molar refractivity (Wildman–Crippen MR) is 68.4 cm³/mol. The number of carbonyl (C=O) groups is 1. The normalized spacial score (nSPS) is 13.8. The number of ether oxygens (including phenoxy) is 2. The maximum Gasteiger partial charge on any atom is 0.309 e. The molecule has 0 radical (unpaired) electrons. The Morgan fingerprint density at radius 2 is 1.89 bits per heavy atom. The minimum absolute atomic E-state index is 0.0380. The van der Waals surface area contributed by atoms with Gasteiger partial charge in [0, 0.05) is 0 Å². The Hall–Kier alpha value is -1.55. The van der Waals surface area contributed by atoms with Crippen LogP contribution < -0.4 is 4.74 Å². The molecule has 0 aliphatic carbocycles. The SMILES string of the molecule is CCOC(=O)CC(O)(CC)c1ccc(OC)cc1. The van der Waals surface area contributed by atoms with Gasteiger partial charge in [0.1, 0.15) is 5.75 Å². The average Bonchev–Trinajstić information content (AvgIpc) is 2.39. The Balaban J connectivity index is 2.88. The first kappa shape index (κ1) is 14.5. The van der Waals surface area contributed by atoms with Crippen molar-refractivity contribution in [3.63, 3.8) is 0 Å². The van der Waals surface area contributed by atoms with Crippen molar-refractivity contribution in [1.29, 1.82) is 0 Å². The summed E-state index contributed by atoms with van der Waals surface area (Å²) < 4.78 is 9.94. The third kappa shape index (κ3) is 3.47. The van der Waals surface area contributed by atoms with Gasteiger partial charge in [0.2, 0.25) is 0 Å². The summed E-state index contributed by atoms with van der Waals surface area (Å²) in [6, 6.07) is 7.06. The second-order valence-corrected chi connectivity index (χ2v) is 4.10. The lowest BCUT2D eigenvalue weighted by atomic mass is 9.88. The summed E-state index contributed by atoms with van der Waals surface area (Å²) in [6.45, 7) is 3.90. The molecule has 0 aromatic heterocycles. The van der Waals surface area contributed by atoms with Crippen molar-refractivity contribution in [1.82, 2.24) is 0 Å². The van der Waals surface area contributed by atoms with E-state index in [1.54, 1.807) is 38.3 Å². The fourth-order valence-electron chi connectivity index (χ4n) is 1.78. The van der Waals surface area contributed by atoms with Crippen LogP contribution >= 0.6 is 0 Å². The van der Waals surface area contributed by atoms with Crippen molar-refractivity contribution >= 4 is 5.97 Å². The predicted octanol–water partition coefficient (Wildman–Crippen LogP) is 2.25. The zero-order chi connectivity index (χ0) is 13.6. The largest absolute Gasteiger partial charge is 0.497 e. The number of benzene rings is 1. The minimum atomic E-state index is -1.18. The van der Waals surface area contributed by atoms with Gasteiger partial charge in [-0.15, -0.1) is 0 Å². The lowest BCUT2D eigenvalue weighted by Crippen LogP contribution is -2.29. The summed E-state index contributed by atoms with van der Waals surface area (Å²) in [7, 11) is 1.58. The van der Waals surface area contributed by atoms with Crippen molar-refractivity contribution in [2.75, 3.05) is 13.7 Å². The van der Waals surface area contributed by atoms with Crippen LogP contribution in [0.15, 0.2) is 24.3 Å². The summed E-state index contributed by atoms with van der Waals surface area (Å²) >= 11 is 0. The lowest BCUT2D eigenvalue weighted by molar-refractivity contribution is -0.149. The molecule has 4 heteroatoms. The number of carbonyl (C=O) groups excluding carboxylic acids is 1. The quantitative estimate of drug-likeness (QED) is 0.789. The molecular weight excluding hydrogens is 232 g/mol. The molecule has 0 fully saturated rings. The van der Waals surface area contributed by atoms with Crippen LogP contribution in [0.4, 0.5) is 0 Å². The molecular formula is C14H20O4. The van der Waals surface area contributed by atoms with Crippen LogP contribution in [-0.4, -0.2) is 24.8 Å². The second-order valence-electron chi connectivity index (χ2n) is 4.10. The number of hydrogen-bond acceptors (Lipinski definition) is 4. The Morgan fingerprint density at radius 1 is 1.28 bits per heavy atom. The van der Waals surface area contributed by atoms with E-state index in [-0.39, 0.29) is 6.42 Å². The molecule has 0 amide bonds. The van der Waals surface area contributed by atoms with Crippen molar-refractivity contribution < 1.29 is 19.4 Å². The monoisotopic (exact) mass is 252 g/mol. The van der Waals surface area contributed by atoms with Crippen LogP contribution in [0.3, 0.4) is 0 Å². The van der Waals surface area contributed by atoms with E-state index in [2.05, 4.69) is 0 Å². The molecule has 1 unspecified atom stereocenters. The van der Waals surface area contributed by atoms with E-state index in [0.29, 0.717) is 24.3 Å². The summed E-state index contributed by atoms with van der Waals surface area (Å²) in [5.41, 5.74) is -0.489. The molecule has 1 N–H and O–H groups in total. The van der Waals surface area contributed by atoms with Gasteiger partial charge in [-0.1, -0.05) is 19.1 Å². The van der Waals surface area contributed by atoms with Gasteiger partial charge < -0.3 is 14.6 Å². The molecule has 1 aromatic carbocycles. The molecule has 4 nitrogen and oxygen atoms in total. The highest BCUT2D eigenvalue weighted by atomic mass is 16.5. The molecule has 1 aromatic rings. The smallest absolute Gasteiger partial charge is 0.309 e. The molecule has 1 atom stereocenters. The zero-order valence-electron chi connectivity index (χ0n) is 11.1. The van der Waals surface area contributed by atoms with Crippen LogP contribution in [-0.2, 0) is 15.1 Å². The highest BCUT2D eigenvalue weighted by molar-refractivity contribution is 5.71. The van der Waals surface area contributed by atoms with Crippen molar-refractivity contribution in [2.24, 2.45) is 0 Å². The van der Waals surface area contributed by atoms with Crippen LogP contribution in [0.5, 0.6) is 5.75 Å². The van der Waals surface area contributed by atoms with E-state index in [9.17, 15) is 9.90 Å². The first-order chi connectivity index (χ1) is 8.55. The van der Waals surface area contributed by atoms with Crippen LogP contribution in [0.2, 0.25) is 0 Å². The molecule has 100 valence electrons. The Labute approximate surface area is 108 Å². The van der Waals surface area contributed by atoms with E-state index < -0.39 is 11.6 Å². The Bertz CT molecular complexity index is 385. The summed E-state index contributed by atoms with van der Waals surface area (Å²) in [5.74, 6) is 0.325. The van der Waals surface area contributed by atoms with Crippen LogP contribution in [0.1, 0.15) is 32.3 Å². The minimum Gasteiger partial charge on any atom is -0.497 e. The third-order valence-corrected chi connectivity index (χ3v) is 2.95. The van der Waals surface area contributed by atoms with Gasteiger partial charge in [0.15, 0.2) is 0 Å². The van der Waals surface area contributed by atoms with Gasteiger partial charge >= 0.3 is 5.97 Å². The number of esters is 1. The summed E-state index contributed by atoms with van der Waals surface area (Å²) in [4.78, 5) is 11.5. The topological polar surface area (TPSA) is 55.8 Å². The molecule has 0 aliphatic rings. The molecule has 0 saturated heterocycles. The van der Waals surface area contributed by atoms with Crippen molar-refractivity contribution in [3.8, 4) is 5.75 Å². The van der Waals surface area contributed by atoms with Crippen molar-refractivity contribution in [3.05, 3.63) is 29.8 Å². The molecule has 18 heavy (non-hydrogen) atoms. The van der Waals surface area contributed by atoms with E-state index in [1.807, 2.05) is 6.92 Å². The number of hydrogen-bond donors (Lipinski definition) is 1. The molecule has 0 saturated carbocycles. The van der Waals surface area contributed by atoms with E-state index in [4.69, 9.17) is 9.47 Å². The Kier molecular flexibility index (Phi) is 5.16. The summed E-state index contributed by atoms with van der Waals surface area (Å²) in [6.07, 6.45) is 0.405. The molecule has 0 spiro atoms. The number of methoxy groups -OCH3 is 1. The number of rotatable bonds is 6. The van der Waals surface area contributed by atoms with Gasteiger partial charge in [-0.3, -0.25) is 4.79 Å². The van der Waals surface area contributed by atoms with E-state index >= 15 is 0 Å². The van der Waals surface area contributed by atoms with Gasteiger partial charge in [-0.05, 0) is 31.0 Å². The molecule has 1 rings (SSSR count). The Morgan fingerprint density at radius 3 is 2.33 bits per heavy atom. The lowest BCUT2D eigenvalue weighted by Gasteiger charge is -2.26. The first-order valence-electron chi connectivity index (χ1n) is 6.08. The maximum atomic E-state index is 11.5. The molecule has 0 aliphatic heterocycles. The molecule has 0 heterocycles. The van der Waals surface area contributed by atoms with Gasteiger partial charge in [-0.2, -0.15) is 0 Å². The van der Waals surface area contributed by atoms with Gasteiger partial charge in [-0.25, -0.2) is 0 Å². The highest BCUT2D eigenvalue weighted by Gasteiger charge is 2.30. The van der Waals surface area contributed by atoms with Crippen molar-refractivity contribution in [2.45, 2.75) is 32.3 Å². The van der Waals surface area contributed by atoms with Crippen LogP contribution in [0.25, 0.3) is 0 Å². The zero-order valence-corrected chi connectivity index (χ0v) is 11.1. The number of aliphatic hydroxyl groups is 1. The summed E-state index contributed by atoms with van der Waals surface area (Å²) in [5, 5.41) is 10.5. The van der Waals surface area contributed by atoms with Crippen LogP contribution in [0, 0.1) is 0 Å². The van der Waals surface area contributed by atoms with Gasteiger partial charge in [0.05, 0.1) is 25.7 Å². The van der Waals surface area contributed by atoms with Gasteiger partial charge in [0.25, 0.3) is 0 Å². The third-order valence-electron chi connectivity index (χ3n) is 2.95. The highest BCUT2D eigenvalue weighted by Crippen LogP contribution is 2.30. The molecule has 0 bridgehead atoms. The maximum absolute atomic E-state index is 11.5. The van der Waals surface area contributed by atoms with E-state index in [1.165, 1.54) is 0 Å².